The number of rotatable bonds is 8. The van der Waals surface area contributed by atoms with E-state index in [0.717, 1.165) is 9.64 Å². The molecule has 0 bridgehead atoms. The summed E-state index contributed by atoms with van der Waals surface area (Å²) in [5.41, 5.74) is 3.94. The molecule has 0 aliphatic carbocycles. The Bertz CT molecular complexity index is 1390. The fraction of sp³-hybridized carbons (Fsp3) is 0.136. The molecule has 0 saturated carbocycles. The van der Waals surface area contributed by atoms with E-state index in [1.165, 1.54) is 31.2 Å². The number of hydrogen-bond acceptors (Lipinski definition) is 4. The lowest BCUT2D eigenvalue weighted by atomic mass is 9.99. The first-order valence-corrected chi connectivity index (χ1v) is 12.8. The average molecular weight is 624 g/mol. The molecule has 3 aromatic carbocycles. The first-order valence-electron chi connectivity index (χ1n) is 9.74. The zero-order chi connectivity index (χ0) is 25.2. The first kappa shape index (κ1) is 26.1. The van der Waals surface area contributed by atoms with Crippen LogP contribution in [-0.2, 0) is 16.4 Å². The van der Waals surface area contributed by atoms with E-state index in [4.69, 9.17) is 17.3 Å². The average Bonchev–Trinajstić information content (AvgIpc) is 2.77. The molecule has 0 aliphatic rings. The van der Waals surface area contributed by atoms with E-state index >= 15 is 4.39 Å². The van der Waals surface area contributed by atoms with E-state index < -0.39 is 45.5 Å². The molecule has 0 atom stereocenters. The lowest BCUT2D eigenvalue weighted by Gasteiger charge is -2.16. The van der Waals surface area contributed by atoms with Crippen LogP contribution in [0.15, 0.2) is 42.5 Å². The lowest BCUT2D eigenvalue weighted by molar-refractivity contribution is 0.100. The van der Waals surface area contributed by atoms with Crippen LogP contribution in [0, 0.1) is 21.0 Å². The molecule has 4 N–H and O–H groups in total. The van der Waals surface area contributed by atoms with Crippen molar-refractivity contribution in [2.24, 2.45) is 5.73 Å². The molecule has 0 fully saturated rings. The third-order valence-corrected chi connectivity index (χ3v) is 7.12. The van der Waals surface area contributed by atoms with Gasteiger partial charge in [0.05, 0.1) is 33.4 Å². The number of carbonyl (C=O) groups is 1. The van der Waals surface area contributed by atoms with Gasteiger partial charge in [-0.05, 0) is 71.0 Å². The Morgan fingerprint density at radius 1 is 1.03 bits per heavy atom. The van der Waals surface area contributed by atoms with Gasteiger partial charge < -0.3 is 11.1 Å². The Morgan fingerprint density at radius 3 is 2.35 bits per heavy atom. The number of hydrogen-bond donors (Lipinski definition) is 3. The van der Waals surface area contributed by atoms with Gasteiger partial charge in [0.1, 0.15) is 0 Å². The lowest BCUT2D eigenvalue weighted by Crippen LogP contribution is -2.17. The van der Waals surface area contributed by atoms with Gasteiger partial charge in [-0.2, -0.15) is 0 Å². The maximum absolute atomic E-state index is 15.1. The Morgan fingerprint density at radius 2 is 1.74 bits per heavy atom. The number of amides is 1. The van der Waals surface area contributed by atoms with Crippen LogP contribution in [0.5, 0.6) is 0 Å². The Labute approximate surface area is 212 Å². The van der Waals surface area contributed by atoms with Crippen LogP contribution >= 0.6 is 34.2 Å². The van der Waals surface area contributed by atoms with E-state index in [9.17, 15) is 22.0 Å². The van der Waals surface area contributed by atoms with Crippen LogP contribution in [0.1, 0.15) is 28.4 Å². The quantitative estimate of drug-likeness (QED) is 0.286. The third kappa shape index (κ3) is 5.76. The molecule has 0 heterocycles. The van der Waals surface area contributed by atoms with E-state index in [1.54, 1.807) is 12.1 Å². The summed E-state index contributed by atoms with van der Waals surface area (Å²) in [4.78, 5) is 12.0. The Kier molecular flexibility index (Phi) is 7.98. The van der Waals surface area contributed by atoms with Gasteiger partial charge in [0, 0.05) is 9.99 Å². The zero-order valence-corrected chi connectivity index (χ0v) is 21.3. The molecule has 12 heteroatoms. The fourth-order valence-corrected chi connectivity index (χ4v) is 4.63. The van der Waals surface area contributed by atoms with E-state index in [-0.39, 0.29) is 38.8 Å². The highest BCUT2D eigenvalue weighted by Crippen LogP contribution is 2.33. The van der Waals surface area contributed by atoms with Gasteiger partial charge >= 0.3 is 0 Å². The van der Waals surface area contributed by atoms with Crippen molar-refractivity contribution < 1.29 is 26.4 Å². The van der Waals surface area contributed by atoms with Gasteiger partial charge in [-0.25, -0.2) is 21.6 Å². The molecule has 0 saturated heterocycles. The summed E-state index contributed by atoms with van der Waals surface area (Å²) in [6, 6.07) is 9.66. The molecule has 0 aliphatic heterocycles. The van der Waals surface area contributed by atoms with Crippen LogP contribution in [0.3, 0.4) is 0 Å². The summed E-state index contributed by atoms with van der Waals surface area (Å²) in [6.07, 6.45) is -0.471. The van der Waals surface area contributed by atoms with E-state index in [0.29, 0.717) is 0 Å². The molecular weight excluding hydrogens is 606 g/mol. The van der Waals surface area contributed by atoms with Crippen LogP contribution in [0.2, 0.25) is 5.02 Å². The Hall–Kier alpha value is -2.51. The predicted molar refractivity (Wildman–Crippen MR) is 135 cm³/mol. The molecule has 3 rings (SSSR count). The predicted octanol–water partition coefficient (Wildman–Crippen LogP) is 5.56. The molecule has 180 valence electrons. The number of sulfonamides is 1. The fourth-order valence-electron chi connectivity index (χ4n) is 3.09. The number of primary amides is 1. The number of carbonyl (C=O) groups excluding carboxylic acids is 1. The van der Waals surface area contributed by atoms with Crippen molar-refractivity contribution >= 4 is 67.2 Å². The molecule has 0 spiro atoms. The monoisotopic (exact) mass is 623 g/mol. The highest BCUT2D eigenvalue weighted by molar-refractivity contribution is 14.1. The number of nitrogens with one attached hydrogen (secondary N) is 2. The number of nitrogens with two attached hydrogens (primary N) is 1. The molecule has 34 heavy (non-hydrogen) atoms. The second kappa shape index (κ2) is 10.4. The molecule has 1 amide bonds. The van der Waals surface area contributed by atoms with Crippen molar-refractivity contribution in [3.8, 4) is 0 Å². The largest absolute Gasteiger partial charge is 0.366 e. The summed E-state index contributed by atoms with van der Waals surface area (Å²) in [5, 5.41) is 2.81. The van der Waals surface area contributed by atoms with Crippen molar-refractivity contribution in [3.05, 3.63) is 85.2 Å². The number of benzene rings is 3. The first-order chi connectivity index (χ1) is 15.9. The smallest absolute Gasteiger partial charge is 0.250 e. The molecule has 0 unspecified atom stereocenters. The standard InChI is InChI=1S/C22H18ClF3IN3O3S/c1-2-34(32,33)30-17-5-3-4-11(18(17)24)8-12-9-14(22(28)31)21(20(26)19(12)25)29-16-7-6-13(27)10-15(16)23/h3-7,9-10,29-30H,2,8H2,1H3,(H2,28,31). The van der Waals surface area contributed by atoms with Gasteiger partial charge in [-0.3, -0.25) is 9.52 Å². The van der Waals surface area contributed by atoms with Crippen LogP contribution in [0.25, 0.3) is 0 Å². The minimum absolute atomic E-state index is 0.119. The molecule has 3 aromatic rings. The third-order valence-electron chi connectivity index (χ3n) is 4.84. The van der Waals surface area contributed by atoms with Crippen LogP contribution < -0.4 is 15.8 Å². The van der Waals surface area contributed by atoms with Crippen molar-refractivity contribution in [3.63, 3.8) is 0 Å². The topological polar surface area (TPSA) is 101 Å². The van der Waals surface area contributed by atoms with Gasteiger partial charge in [0.15, 0.2) is 17.5 Å². The summed E-state index contributed by atoms with van der Waals surface area (Å²) in [6.45, 7) is 1.38. The second-order valence-electron chi connectivity index (χ2n) is 7.16. The maximum Gasteiger partial charge on any atom is 0.250 e. The van der Waals surface area contributed by atoms with Crippen LogP contribution in [-0.4, -0.2) is 20.1 Å². The van der Waals surface area contributed by atoms with Gasteiger partial charge in [0.2, 0.25) is 10.0 Å². The van der Waals surface area contributed by atoms with Crippen molar-refractivity contribution in [2.75, 3.05) is 15.8 Å². The van der Waals surface area contributed by atoms with Gasteiger partial charge in [0.25, 0.3) is 5.91 Å². The van der Waals surface area contributed by atoms with E-state index in [2.05, 4.69) is 10.0 Å². The molecule has 6 nitrogen and oxygen atoms in total. The molecule has 0 aromatic heterocycles. The van der Waals surface area contributed by atoms with Crippen molar-refractivity contribution in [2.45, 2.75) is 13.3 Å². The summed E-state index contributed by atoms with van der Waals surface area (Å²) >= 11 is 8.16. The maximum atomic E-state index is 15.1. The zero-order valence-electron chi connectivity index (χ0n) is 17.6. The number of anilines is 3. The normalized spacial score (nSPS) is 11.4. The van der Waals surface area contributed by atoms with Crippen LogP contribution in [0.4, 0.5) is 30.2 Å². The van der Waals surface area contributed by atoms with Gasteiger partial charge in [-0.15, -0.1) is 0 Å². The van der Waals surface area contributed by atoms with Crippen molar-refractivity contribution in [1.29, 1.82) is 0 Å². The summed E-state index contributed by atoms with van der Waals surface area (Å²) in [7, 11) is -3.76. The Balaban J connectivity index is 2.04. The molecule has 0 radical (unpaired) electrons. The minimum atomic E-state index is -3.76. The summed E-state index contributed by atoms with van der Waals surface area (Å²) in [5.74, 6) is -5.00. The highest BCUT2D eigenvalue weighted by atomic mass is 127. The minimum Gasteiger partial charge on any atom is -0.366 e. The SMILES string of the molecule is CCS(=O)(=O)Nc1cccc(Cc2cc(C(N)=O)c(Nc3ccc(I)cc3Cl)c(F)c2F)c1F. The number of halogens is 5. The van der Waals surface area contributed by atoms with Gasteiger partial charge in [-0.1, -0.05) is 23.7 Å². The second-order valence-corrected chi connectivity index (χ2v) is 10.8. The van der Waals surface area contributed by atoms with Crippen molar-refractivity contribution in [1.82, 2.24) is 0 Å². The van der Waals surface area contributed by atoms with E-state index in [1.807, 2.05) is 22.6 Å². The molecular formula is C22H18ClF3IN3O3S. The highest BCUT2D eigenvalue weighted by Gasteiger charge is 2.23. The summed E-state index contributed by atoms with van der Waals surface area (Å²) < 4.78 is 71.4.